The molecule has 0 saturated heterocycles. The summed E-state index contributed by atoms with van der Waals surface area (Å²) in [5, 5.41) is 2.96. The third kappa shape index (κ3) is 4.80. The van der Waals surface area contributed by atoms with Crippen molar-refractivity contribution in [3.63, 3.8) is 0 Å². The van der Waals surface area contributed by atoms with Gasteiger partial charge in [-0.1, -0.05) is 63.2 Å². The Morgan fingerprint density at radius 1 is 0.970 bits per heavy atom. The van der Waals surface area contributed by atoms with Gasteiger partial charge in [0, 0.05) is 18.0 Å². The van der Waals surface area contributed by atoms with Gasteiger partial charge in [0.25, 0.3) is 5.91 Å². The van der Waals surface area contributed by atoms with E-state index < -0.39 is 5.97 Å². The quantitative estimate of drug-likeness (QED) is 0.402. The van der Waals surface area contributed by atoms with E-state index in [2.05, 4.69) is 55.3 Å². The molecule has 2 heterocycles. The van der Waals surface area contributed by atoms with Crippen molar-refractivity contribution in [2.75, 3.05) is 11.9 Å². The minimum Gasteiger partial charge on any atom is -0.461 e. The van der Waals surface area contributed by atoms with Crippen LogP contribution in [0.1, 0.15) is 54.1 Å². The molecule has 2 aromatic heterocycles. The molecule has 0 bridgehead atoms. The molecule has 4 aromatic rings. The lowest BCUT2D eigenvalue weighted by atomic mass is 9.86. The maximum atomic E-state index is 13.2. The molecule has 0 aliphatic rings. The van der Waals surface area contributed by atoms with Crippen molar-refractivity contribution in [3.8, 4) is 11.1 Å². The van der Waals surface area contributed by atoms with Crippen molar-refractivity contribution in [1.29, 1.82) is 0 Å². The van der Waals surface area contributed by atoms with Crippen molar-refractivity contribution in [3.05, 3.63) is 89.9 Å². The van der Waals surface area contributed by atoms with Crippen LogP contribution in [0.2, 0.25) is 0 Å². The van der Waals surface area contributed by atoms with Crippen LogP contribution in [0, 0.1) is 0 Å². The number of benzene rings is 2. The van der Waals surface area contributed by atoms with Gasteiger partial charge < -0.3 is 14.5 Å². The molecule has 0 spiro atoms. The molecule has 4 rings (SSSR count). The minimum atomic E-state index is -0.474. The number of pyridine rings is 1. The monoisotopic (exact) mass is 441 g/mol. The minimum absolute atomic E-state index is 0.0640. The summed E-state index contributed by atoms with van der Waals surface area (Å²) in [6.07, 6.45) is 3.32. The number of aromatic nitrogens is 2. The highest BCUT2D eigenvalue weighted by Gasteiger charge is 2.17. The van der Waals surface area contributed by atoms with Crippen molar-refractivity contribution in [2.24, 2.45) is 0 Å². The lowest BCUT2D eigenvalue weighted by Crippen LogP contribution is -2.13. The summed E-state index contributed by atoms with van der Waals surface area (Å²) in [5.41, 5.74) is 5.15. The summed E-state index contributed by atoms with van der Waals surface area (Å²) < 4.78 is 6.70. The predicted octanol–water partition coefficient (Wildman–Crippen LogP) is 5.73. The number of fused-ring (bicyclic) bond motifs is 1. The van der Waals surface area contributed by atoms with Gasteiger partial charge in [0.1, 0.15) is 5.65 Å². The van der Waals surface area contributed by atoms with Crippen molar-refractivity contribution in [2.45, 2.75) is 33.1 Å². The number of ether oxygens (including phenoxy) is 1. The lowest BCUT2D eigenvalue weighted by molar-refractivity contribution is 0.0520. The fraction of sp³-hybridized carbons (Fsp3) is 0.222. The smallest absolute Gasteiger partial charge is 0.358 e. The average Bonchev–Trinajstić information content (AvgIpc) is 3.22. The highest BCUT2D eigenvalue weighted by Crippen LogP contribution is 2.28. The first-order valence-electron chi connectivity index (χ1n) is 10.9. The van der Waals surface area contributed by atoms with Gasteiger partial charge in [0.2, 0.25) is 0 Å². The lowest BCUT2D eigenvalue weighted by Gasteiger charge is -2.19. The molecule has 0 atom stereocenters. The maximum Gasteiger partial charge on any atom is 0.358 e. The van der Waals surface area contributed by atoms with Crippen LogP contribution in [0.3, 0.4) is 0 Å². The second kappa shape index (κ2) is 8.90. The average molecular weight is 442 g/mol. The number of carbonyl (C=O) groups excluding carboxylic acids is 2. The number of nitrogens with one attached hydrogen (secondary N) is 1. The highest BCUT2D eigenvalue weighted by molar-refractivity contribution is 6.08. The summed E-state index contributed by atoms with van der Waals surface area (Å²) in [4.78, 5) is 29.4. The van der Waals surface area contributed by atoms with Gasteiger partial charge in [-0.3, -0.25) is 4.79 Å². The first kappa shape index (κ1) is 22.3. The van der Waals surface area contributed by atoms with E-state index in [-0.39, 0.29) is 23.6 Å². The summed E-state index contributed by atoms with van der Waals surface area (Å²) in [5.74, 6) is -0.686. The zero-order valence-electron chi connectivity index (χ0n) is 19.3. The number of hydrogen-bond donors (Lipinski definition) is 1. The Kier molecular flexibility index (Phi) is 6.01. The van der Waals surface area contributed by atoms with Crippen LogP contribution in [0.15, 0.2) is 73.1 Å². The number of carbonyl (C=O) groups is 2. The number of rotatable bonds is 5. The van der Waals surface area contributed by atoms with Crippen LogP contribution < -0.4 is 5.32 Å². The van der Waals surface area contributed by atoms with Crippen LogP contribution in [0.5, 0.6) is 0 Å². The molecule has 2 aromatic carbocycles. The van der Waals surface area contributed by atoms with E-state index in [0.717, 1.165) is 11.1 Å². The Labute approximate surface area is 193 Å². The molecule has 0 saturated carbocycles. The molecule has 0 aliphatic carbocycles. The van der Waals surface area contributed by atoms with E-state index in [1.54, 1.807) is 35.9 Å². The molecule has 168 valence electrons. The van der Waals surface area contributed by atoms with Gasteiger partial charge in [-0.25, -0.2) is 9.78 Å². The largest absolute Gasteiger partial charge is 0.461 e. The summed E-state index contributed by atoms with van der Waals surface area (Å²) in [7, 11) is 0. The van der Waals surface area contributed by atoms with Crippen molar-refractivity contribution in [1.82, 2.24) is 9.38 Å². The van der Waals surface area contributed by atoms with E-state index >= 15 is 0 Å². The molecule has 0 fully saturated rings. The molecule has 1 amide bonds. The number of hydrogen-bond acceptors (Lipinski definition) is 4. The Morgan fingerprint density at radius 2 is 1.70 bits per heavy atom. The Morgan fingerprint density at radius 3 is 2.39 bits per heavy atom. The second-order valence-corrected chi connectivity index (χ2v) is 8.86. The summed E-state index contributed by atoms with van der Waals surface area (Å²) in [6.45, 7) is 8.56. The molecule has 6 nitrogen and oxygen atoms in total. The zero-order valence-corrected chi connectivity index (χ0v) is 19.3. The molecule has 0 aliphatic heterocycles. The van der Waals surface area contributed by atoms with Gasteiger partial charge in [0.05, 0.1) is 12.3 Å². The predicted molar refractivity (Wildman–Crippen MR) is 130 cm³/mol. The third-order valence-corrected chi connectivity index (χ3v) is 5.43. The van der Waals surface area contributed by atoms with E-state index in [9.17, 15) is 9.59 Å². The van der Waals surface area contributed by atoms with Gasteiger partial charge in [-0.2, -0.15) is 0 Å². The third-order valence-electron chi connectivity index (χ3n) is 5.43. The number of amides is 1. The fourth-order valence-corrected chi connectivity index (χ4v) is 3.65. The molecular formula is C27H27N3O3. The molecule has 0 unspecified atom stereocenters. The Balaban J connectivity index is 1.59. The summed E-state index contributed by atoms with van der Waals surface area (Å²) >= 11 is 0. The van der Waals surface area contributed by atoms with Crippen LogP contribution in [0.4, 0.5) is 5.69 Å². The van der Waals surface area contributed by atoms with Crippen molar-refractivity contribution < 1.29 is 14.3 Å². The number of imidazole rings is 1. The SMILES string of the molecule is CCOC(=O)c1cn2cc(NC(=O)c3ccccc3-c3ccc(C(C)(C)C)cc3)ccc2n1. The standard InChI is InChI=1S/C27H27N3O3/c1-5-33-26(32)23-17-30-16-20(14-15-24(30)29-23)28-25(31)22-9-7-6-8-21(22)18-10-12-19(13-11-18)27(2,3)4/h6-17H,5H2,1-4H3,(H,28,31). The number of anilines is 1. The number of esters is 1. The molecule has 1 N–H and O–H groups in total. The van der Waals surface area contributed by atoms with E-state index in [1.165, 1.54) is 5.56 Å². The van der Waals surface area contributed by atoms with E-state index in [1.807, 2.05) is 24.3 Å². The second-order valence-electron chi connectivity index (χ2n) is 8.86. The first-order valence-corrected chi connectivity index (χ1v) is 10.9. The topological polar surface area (TPSA) is 72.7 Å². The molecule has 33 heavy (non-hydrogen) atoms. The molecular weight excluding hydrogens is 414 g/mol. The van der Waals surface area contributed by atoms with Gasteiger partial charge in [-0.15, -0.1) is 0 Å². The van der Waals surface area contributed by atoms with E-state index in [4.69, 9.17) is 4.74 Å². The fourth-order valence-electron chi connectivity index (χ4n) is 3.65. The van der Waals surface area contributed by atoms with Crippen LogP contribution in [-0.2, 0) is 10.2 Å². The molecule has 6 heteroatoms. The van der Waals surface area contributed by atoms with Crippen LogP contribution in [0.25, 0.3) is 16.8 Å². The first-order chi connectivity index (χ1) is 15.8. The van der Waals surface area contributed by atoms with Crippen LogP contribution >= 0.6 is 0 Å². The summed E-state index contributed by atoms with van der Waals surface area (Å²) in [6, 6.07) is 19.4. The zero-order chi connectivity index (χ0) is 23.6. The van der Waals surface area contributed by atoms with Gasteiger partial charge in [0.15, 0.2) is 5.69 Å². The Hall–Kier alpha value is -3.93. The number of nitrogens with zero attached hydrogens (tertiary/aromatic N) is 2. The Bertz CT molecular complexity index is 1310. The maximum absolute atomic E-state index is 13.2. The normalized spacial score (nSPS) is 11.4. The van der Waals surface area contributed by atoms with Gasteiger partial charge in [-0.05, 0) is 47.2 Å². The van der Waals surface area contributed by atoms with Crippen LogP contribution in [-0.4, -0.2) is 27.9 Å². The van der Waals surface area contributed by atoms with E-state index in [0.29, 0.717) is 16.9 Å². The highest BCUT2D eigenvalue weighted by atomic mass is 16.5. The van der Waals surface area contributed by atoms with Crippen molar-refractivity contribution >= 4 is 23.2 Å². The van der Waals surface area contributed by atoms with Gasteiger partial charge >= 0.3 is 5.97 Å². The molecule has 0 radical (unpaired) electrons.